The highest BCUT2D eigenvalue weighted by Crippen LogP contribution is 2.46. The molecule has 0 aliphatic rings. The van der Waals surface area contributed by atoms with Crippen molar-refractivity contribution in [3.8, 4) is 23.4 Å². The molecule has 0 aliphatic heterocycles. The molecule has 74 heavy (non-hydrogen) atoms. The van der Waals surface area contributed by atoms with Gasteiger partial charge in [0.1, 0.15) is 44.9 Å². The fourth-order valence-corrected chi connectivity index (χ4v) is 11.5. The van der Waals surface area contributed by atoms with Crippen molar-refractivity contribution in [2.45, 2.75) is 42.9 Å². The molecule has 5 aromatic carbocycles. The van der Waals surface area contributed by atoms with Gasteiger partial charge in [-0.25, -0.2) is 9.97 Å². The van der Waals surface area contributed by atoms with E-state index in [1.165, 1.54) is 40.4 Å². The standard InChI is InChI=1S/C46H39ClN10O12S5/c1-4-14-68-37-20-27-10-7-13-39(74(65,66)67)40(27)43-42(37)50-46(71-43)56-51-31-23-38(70-16-9-18-73(62,63)64)34(19-25(31)2)54-52-32-22-36(69-15-8-17-72(59,60)61)33(21-29(32)47)53-55-41-26(3)28(24-48)44-49-30-11-5-6-12-35(30)57(44)45(41)58/h1,5-7,10-13,19-23,58H,4,8-9,14-18H2,2-3H3,(H,59,60,61)(H,62,63,64)(H,65,66,67). The van der Waals surface area contributed by atoms with Crippen LogP contribution in [0.4, 0.5) is 33.6 Å². The Bertz CT molecular complexity index is 4030. The number of azo groups is 3. The number of thioether (sulfide) groups is 1. The zero-order valence-electron chi connectivity index (χ0n) is 38.6. The van der Waals surface area contributed by atoms with Crippen LogP contribution in [0.1, 0.15) is 36.0 Å². The number of para-hydroxylation sites is 2. The number of pyridine rings is 1. The van der Waals surface area contributed by atoms with Gasteiger partial charge in [-0.05, 0) is 99.2 Å². The number of aryl methyl sites for hydroxylation is 1. The van der Waals surface area contributed by atoms with E-state index in [1.807, 2.05) is 0 Å². The number of halogens is 1. The average molecular weight is 1120 g/mol. The number of hydrogen-bond donors (Lipinski definition) is 4. The molecular weight excluding hydrogens is 1080 g/mol. The minimum absolute atomic E-state index is 0.00571. The third-order valence-corrected chi connectivity index (χ3v) is 15.7. The van der Waals surface area contributed by atoms with Gasteiger partial charge in [0.2, 0.25) is 11.0 Å². The predicted octanol–water partition coefficient (Wildman–Crippen LogP) is 12.1. The predicted molar refractivity (Wildman–Crippen MR) is 279 cm³/mol. The molecule has 0 saturated carbocycles. The monoisotopic (exact) mass is 1120 g/mol. The molecule has 8 aromatic rings. The van der Waals surface area contributed by atoms with Crippen LogP contribution in [-0.2, 0) is 30.4 Å². The summed E-state index contributed by atoms with van der Waals surface area (Å²) in [7, 11) is -13.3. The Morgan fingerprint density at radius 2 is 1.50 bits per heavy atom. The first-order chi connectivity index (χ1) is 35.1. The topological polar surface area (TPSA) is 330 Å². The number of aromatic hydroxyl groups is 1. The molecule has 0 spiro atoms. The van der Waals surface area contributed by atoms with Gasteiger partial charge in [-0.1, -0.05) is 47.2 Å². The highest BCUT2D eigenvalue weighted by atomic mass is 35.5. The number of fused-ring (bicyclic) bond motifs is 6. The molecule has 3 aromatic heterocycles. The van der Waals surface area contributed by atoms with Gasteiger partial charge in [0.05, 0.1) is 56.9 Å². The zero-order chi connectivity index (χ0) is 53.1. The summed E-state index contributed by atoms with van der Waals surface area (Å²) in [6, 6.07) is 21.0. The van der Waals surface area contributed by atoms with E-state index in [-0.39, 0.29) is 115 Å². The van der Waals surface area contributed by atoms with Gasteiger partial charge < -0.3 is 14.6 Å². The van der Waals surface area contributed by atoms with Crippen LogP contribution in [0.25, 0.3) is 37.7 Å². The fraction of sp³-hybridized carbons (Fsp3) is 0.217. The normalized spacial score (nSPS) is 12.7. The first-order valence-electron chi connectivity index (χ1n) is 21.7. The lowest BCUT2D eigenvalue weighted by Crippen LogP contribution is -2.08. The summed E-state index contributed by atoms with van der Waals surface area (Å²) in [6.07, 6.45) is 0.0896. The van der Waals surface area contributed by atoms with Gasteiger partial charge in [-0.15, -0.1) is 42.4 Å². The summed E-state index contributed by atoms with van der Waals surface area (Å²) in [4.78, 5) is 9.20. The molecular formula is C46H39ClN10O12S5. The van der Waals surface area contributed by atoms with Crippen molar-refractivity contribution in [2.75, 3.05) is 30.5 Å². The van der Waals surface area contributed by atoms with Crippen LogP contribution in [0, 0.1) is 32.1 Å². The van der Waals surface area contributed by atoms with Crippen molar-refractivity contribution in [2.24, 2.45) is 30.7 Å². The largest absolute Gasteiger partial charge is 0.493 e. The third kappa shape index (κ3) is 12.1. The van der Waals surface area contributed by atoms with Gasteiger partial charge >= 0.3 is 0 Å². The van der Waals surface area contributed by atoms with Gasteiger partial charge in [0, 0.05) is 21.9 Å². The number of hydrogen-bond acceptors (Lipinski definition) is 20. The molecule has 2 radical (unpaired) electrons. The Kier molecular flexibility index (Phi) is 15.9. The van der Waals surface area contributed by atoms with Gasteiger partial charge in [-0.3, -0.25) is 18.1 Å². The maximum absolute atomic E-state index is 12.4. The van der Waals surface area contributed by atoms with Crippen molar-refractivity contribution in [1.82, 2.24) is 14.4 Å². The number of aromatic nitrogens is 3. The SMILES string of the molecule is [CH]CCOc1cc2cccc(S(=O)(=O)O)c2c2sc(N=Nc3cc(SCCCS(=O)(=O)O)c(N=Nc4cc(OCCCS(=O)(=O)O)c(N=Nc5c(C)c(C#N)c6nc7ccccc7n6c5O)cc4Cl)cc3C)nc12. The van der Waals surface area contributed by atoms with Crippen LogP contribution in [0.2, 0.25) is 5.02 Å². The van der Waals surface area contributed by atoms with E-state index in [4.69, 9.17) is 28.0 Å². The summed E-state index contributed by atoms with van der Waals surface area (Å²) in [5.41, 5.74) is 2.97. The van der Waals surface area contributed by atoms with Crippen molar-refractivity contribution in [1.29, 1.82) is 5.26 Å². The van der Waals surface area contributed by atoms with Crippen LogP contribution in [0.5, 0.6) is 17.4 Å². The summed E-state index contributed by atoms with van der Waals surface area (Å²) >= 11 is 8.95. The van der Waals surface area contributed by atoms with Crippen LogP contribution >= 0.6 is 34.7 Å². The Labute approximate surface area is 435 Å². The molecule has 4 N–H and O–H groups in total. The summed E-state index contributed by atoms with van der Waals surface area (Å²) in [5.74, 6) is -1.02. The molecule has 28 heteroatoms. The molecule has 382 valence electrons. The maximum Gasteiger partial charge on any atom is 0.295 e. The lowest BCUT2D eigenvalue weighted by Gasteiger charge is -2.12. The number of rotatable bonds is 20. The van der Waals surface area contributed by atoms with Crippen LogP contribution in [0.3, 0.4) is 0 Å². The second-order valence-electron chi connectivity index (χ2n) is 16.0. The molecule has 0 amide bonds. The second kappa shape index (κ2) is 22.0. The Hall–Kier alpha value is -6.74. The van der Waals surface area contributed by atoms with E-state index in [0.29, 0.717) is 43.0 Å². The van der Waals surface area contributed by atoms with E-state index >= 15 is 0 Å². The van der Waals surface area contributed by atoms with Crippen molar-refractivity contribution in [3.05, 3.63) is 101 Å². The lowest BCUT2D eigenvalue weighted by molar-refractivity contribution is 0.317. The zero-order valence-corrected chi connectivity index (χ0v) is 43.4. The van der Waals surface area contributed by atoms with Crippen molar-refractivity contribution >= 4 is 136 Å². The van der Waals surface area contributed by atoms with Crippen molar-refractivity contribution < 1.29 is 53.5 Å². The fourth-order valence-electron chi connectivity index (χ4n) is 7.45. The first-order valence-corrected chi connectivity index (χ1v) is 28.6. The Balaban J connectivity index is 1.16. The number of ether oxygens (including phenoxy) is 2. The number of imidazole rings is 1. The Morgan fingerprint density at radius 3 is 2.23 bits per heavy atom. The van der Waals surface area contributed by atoms with Gasteiger partial charge in [-0.2, -0.15) is 30.5 Å². The van der Waals surface area contributed by atoms with Gasteiger partial charge in [0.25, 0.3) is 30.4 Å². The maximum atomic E-state index is 12.4. The van der Waals surface area contributed by atoms with Crippen LogP contribution in [0.15, 0.2) is 113 Å². The van der Waals surface area contributed by atoms with Crippen LogP contribution in [-0.4, -0.2) is 88.9 Å². The molecule has 0 atom stereocenters. The summed E-state index contributed by atoms with van der Waals surface area (Å²) in [5, 5.41) is 48.7. The van der Waals surface area contributed by atoms with Crippen molar-refractivity contribution in [3.63, 3.8) is 0 Å². The van der Waals surface area contributed by atoms with E-state index in [9.17, 15) is 49.3 Å². The summed E-state index contributed by atoms with van der Waals surface area (Å²) in [6.45, 7) is 8.86. The molecule has 22 nitrogen and oxygen atoms in total. The Morgan fingerprint density at radius 1 is 0.797 bits per heavy atom. The second-order valence-corrected chi connectivity index (χ2v) is 23.1. The van der Waals surface area contributed by atoms with Crippen LogP contribution < -0.4 is 9.47 Å². The number of benzene rings is 5. The quantitative estimate of drug-likeness (QED) is 0.0238. The van der Waals surface area contributed by atoms with Gasteiger partial charge in [0.15, 0.2) is 11.3 Å². The molecule has 0 bridgehead atoms. The third-order valence-electron chi connectivity index (χ3n) is 10.8. The first kappa shape index (κ1) is 53.5. The van der Waals surface area contributed by atoms with E-state index < -0.39 is 41.9 Å². The molecule has 0 fully saturated rings. The molecule has 0 saturated heterocycles. The highest BCUT2D eigenvalue weighted by Gasteiger charge is 2.24. The average Bonchev–Trinajstić information content (AvgIpc) is 3.95. The number of thiazole rings is 1. The highest BCUT2D eigenvalue weighted by molar-refractivity contribution is 7.99. The summed E-state index contributed by atoms with van der Waals surface area (Å²) < 4.78 is 113. The molecule has 0 unspecified atom stereocenters. The lowest BCUT2D eigenvalue weighted by atomic mass is 10.1. The molecule has 3 heterocycles. The molecule has 0 aliphatic carbocycles. The van der Waals surface area contributed by atoms with E-state index in [1.54, 1.807) is 62.4 Å². The van der Waals surface area contributed by atoms with E-state index in [0.717, 1.165) is 11.3 Å². The van der Waals surface area contributed by atoms with E-state index in [2.05, 4.69) is 46.7 Å². The minimum atomic E-state index is -4.66. The number of nitrogens with zero attached hydrogens (tertiary/aromatic N) is 10. The molecule has 8 rings (SSSR count). The minimum Gasteiger partial charge on any atom is -0.493 e. The smallest absolute Gasteiger partial charge is 0.295 e. The number of nitriles is 1.